The van der Waals surface area contributed by atoms with E-state index in [1.165, 1.54) is 0 Å². The Balaban J connectivity index is 2.64. The first-order valence-corrected chi connectivity index (χ1v) is 11.9. The summed E-state index contributed by atoms with van der Waals surface area (Å²) in [6, 6.07) is 6.42. The van der Waals surface area contributed by atoms with Crippen LogP contribution in [0.4, 0.5) is 0 Å². The number of hydrogen-bond acceptors (Lipinski definition) is 4. The molecule has 0 saturated carbocycles. The number of carbonyl (C=O) groups excluding carboxylic acids is 1. The van der Waals surface area contributed by atoms with Gasteiger partial charge in [-0.1, -0.05) is 38.3 Å². The molecule has 0 aromatic heterocycles. The Morgan fingerprint density at radius 2 is 1.68 bits per heavy atom. The van der Waals surface area contributed by atoms with Crippen molar-refractivity contribution in [2.75, 3.05) is 23.9 Å². The first kappa shape index (κ1) is 22.3. The van der Waals surface area contributed by atoms with Gasteiger partial charge in [-0.3, -0.25) is 8.42 Å². The number of halogens is 1. The van der Waals surface area contributed by atoms with E-state index in [1.54, 1.807) is 24.3 Å². The smallest absolute Gasteiger partial charge is 0.338 e. The van der Waals surface area contributed by atoms with Crippen molar-refractivity contribution in [1.82, 2.24) is 0 Å². The molecule has 1 rings (SSSR count). The highest BCUT2D eigenvalue weighted by molar-refractivity contribution is 7.89. The summed E-state index contributed by atoms with van der Waals surface area (Å²) in [7, 11) is -2.19. The van der Waals surface area contributed by atoms with Gasteiger partial charge in [0, 0.05) is 43.9 Å². The van der Waals surface area contributed by atoms with Crippen LogP contribution in [0.25, 0.3) is 0 Å². The van der Waals surface area contributed by atoms with E-state index in [-0.39, 0.29) is 11.9 Å². The fourth-order valence-corrected chi connectivity index (χ4v) is 5.69. The SMILES string of the molecule is CCCCS(=O)CC(COC(=O)c1ccc(Cl)cc1)S(=O)CCCC. The number of esters is 1. The summed E-state index contributed by atoms with van der Waals surface area (Å²) in [6.07, 6.45) is 3.64. The average Bonchev–Trinajstić information content (AvgIpc) is 2.61. The second kappa shape index (κ2) is 12.6. The molecule has 4 nitrogen and oxygen atoms in total. The molecule has 1 aromatic rings. The molecule has 142 valence electrons. The minimum absolute atomic E-state index is 0.0235. The van der Waals surface area contributed by atoms with Gasteiger partial charge in [-0.2, -0.15) is 0 Å². The Morgan fingerprint density at radius 1 is 1.08 bits per heavy atom. The van der Waals surface area contributed by atoms with E-state index in [0.29, 0.717) is 27.8 Å². The van der Waals surface area contributed by atoms with Gasteiger partial charge in [0.05, 0.1) is 10.8 Å². The largest absolute Gasteiger partial charge is 0.461 e. The van der Waals surface area contributed by atoms with Crippen LogP contribution in [-0.4, -0.2) is 43.5 Å². The van der Waals surface area contributed by atoms with Crippen molar-refractivity contribution in [3.8, 4) is 0 Å². The normalized spacial score (nSPS) is 14.7. The van der Waals surface area contributed by atoms with Gasteiger partial charge in [-0.15, -0.1) is 0 Å². The van der Waals surface area contributed by atoms with Crippen LogP contribution in [0.3, 0.4) is 0 Å². The van der Waals surface area contributed by atoms with Gasteiger partial charge in [-0.25, -0.2) is 4.79 Å². The predicted octanol–water partition coefficient (Wildman–Crippen LogP) is 3.96. The third-order valence-electron chi connectivity index (χ3n) is 3.65. The quantitative estimate of drug-likeness (QED) is 0.493. The Labute approximate surface area is 160 Å². The minimum atomic E-state index is -1.15. The number of ether oxygens (including phenoxy) is 1. The molecule has 0 radical (unpaired) electrons. The topological polar surface area (TPSA) is 60.4 Å². The molecule has 0 amide bonds. The second-order valence-electron chi connectivity index (χ2n) is 5.83. The number of rotatable bonds is 12. The fourth-order valence-electron chi connectivity index (χ4n) is 2.09. The van der Waals surface area contributed by atoms with Crippen LogP contribution in [0.5, 0.6) is 0 Å². The van der Waals surface area contributed by atoms with Gasteiger partial charge in [0.2, 0.25) is 0 Å². The van der Waals surface area contributed by atoms with Gasteiger partial charge >= 0.3 is 5.97 Å². The summed E-state index contributed by atoms with van der Waals surface area (Å²) in [5.41, 5.74) is 0.398. The molecule has 0 heterocycles. The maximum absolute atomic E-state index is 12.5. The molecular formula is C18H27ClO4S2. The minimum Gasteiger partial charge on any atom is -0.461 e. The van der Waals surface area contributed by atoms with Crippen LogP contribution in [0.2, 0.25) is 5.02 Å². The van der Waals surface area contributed by atoms with Crippen LogP contribution >= 0.6 is 11.6 Å². The lowest BCUT2D eigenvalue weighted by atomic mass is 10.2. The number of benzene rings is 1. The van der Waals surface area contributed by atoms with E-state index in [0.717, 1.165) is 25.7 Å². The summed E-state index contributed by atoms with van der Waals surface area (Å²) in [5.74, 6) is 0.978. The molecule has 25 heavy (non-hydrogen) atoms. The Bertz CT molecular complexity index is 575. The van der Waals surface area contributed by atoms with Gasteiger partial charge < -0.3 is 4.74 Å². The van der Waals surface area contributed by atoms with Crippen molar-refractivity contribution in [3.63, 3.8) is 0 Å². The maximum atomic E-state index is 12.5. The highest BCUT2D eigenvalue weighted by Crippen LogP contribution is 2.12. The van der Waals surface area contributed by atoms with Crippen LogP contribution in [-0.2, 0) is 26.3 Å². The zero-order chi connectivity index (χ0) is 18.7. The number of carbonyl (C=O) groups is 1. The maximum Gasteiger partial charge on any atom is 0.338 e. The third kappa shape index (κ3) is 8.97. The molecule has 0 bridgehead atoms. The van der Waals surface area contributed by atoms with Gasteiger partial charge in [0.15, 0.2) is 0 Å². The molecule has 1 aromatic carbocycles. The van der Waals surface area contributed by atoms with Crippen LogP contribution in [0.1, 0.15) is 49.9 Å². The van der Waals surface area contributed by atoms with Gasteiger partial charge in [0.1, 0.15) is 6.61 Å². The lowest BCUT2D eigenvalue weighted by Crippen LogP contribution is -2.31. The summed E-state index contributed by atoms with van der Waals surface area (Å²) >= 11 is 5.81. The van der Waals surface area contributed by atoms with Crippen LogP contribution in [0, 0.1) is 0 Å². The Morgan fingerprint density at radius 3 is 2.28 bits per heavy atom. The van der Waals surface area contributed by atoms with E-state index >= 15 is 0 Å². The molecule has 0 aliphatic carbocycles. The summed E-state index contributed by atoms with van der Waals surface area (Å²) in [5, 5.41) is 0.155. The van der Waals surface area contributed by atoms with E-state index in [1.807, 2.05) is 13.8 Å². The monoisotopic (exact) mass is 406 g/mol. The zero-order valence-corrected chi connectivity index (χ0v) is 17.3. The van der Waals surface area contributed by atoms with E-state index in [9.17, 15) is 13.2 Å². The van der Waals surface area contributed by atoms with E-state index in [4.69, 9.17) is 16.3 Å². The molecule has 7 heteroatoms. The van der Waals surface area contributed by atoms with Crippen molar-refractivity contribution in [3.05, 3.63) is 34.9 Å². The highest BCUT2D eigenvalue weighted by Gasteiger charge is 2.22. The molecule has 0 aliphatic heterocycles. The Kier molecular flexibility index (Phi) is 11.3. The zero-order valence-electron chi connectivity index (χ0n) is 14.9. The second-order valence-corrected chi connectivity index (χ2v) is 9.72. The van der Waals surface area contributed by atoms with E-state index in [2.05, 4.69) is 0 Å². The van der Waals surface area contributed by atoms with Gasteiger partial charge in [-0.05, 0) is 37.1 Å². The van der Waals surface area contributed by atoms with Gasteiger partial charge in [0.25, 0.3) is 0 Å². The van der Waals surface area contributed by atoms with Crippen molar-refractivity contribution in [2.45, 2.75) is 44.8 Å². The first-order chi connectivity index (χ1) is 12.0. The summed E-state index contributed by atoms with van der Waals surface area (Å²) in [6.45, 7) is 4.10. The highest BCUT2D eigenvalue weighted by atomic mass is 35.5. The van der Waals surface area contributed by atoms with Crippen molar-refractivity contribution in [2.24, 2.45) is 0 Å². The first-order valence-electron chi connectivity index (χ1n) is 8.62. The fraction of sp³-hybridized carbons (Fsp3) is 0.611. The van der Waals surface area contributed by atoms with Crippen LogP contribution < -0.4 is 0 Å². The van der Waals surface area contributed by atoms with Crippen molar-refractivity contribution >= 4 is 39.2 Å². The molecule has 3 unspecified atom stereocenters. The Hall–Kier alpha value is -0.720. The number of hydrogen-bond donors (Lipinski definition) is 0. The van der Waals surface area contributed by atoms with Crippen molar-refractivity contribution in [1.29, 1.82) is 0 Å². The summed E-state index contributed by atoms with van der Waals surface area (Å²) in [4.78, 5) is 12.1. The molecular weight excluding hydrogens is 380 g/mol. The third-order valence-corrected chi connectivity index (χ3v) is 7.37. The molecule has 0 fully saturated rings. The molecule has 0 spiro atoms. The molecule has 0 aliphatic rings. The van der Waals surface area contributed by atoms with E-state index < -0.39 is 27.6 Å². The predicted molar refractivity (Wildman–Crippen MR) is 106 cm³/mol. The standard InChI is InChI=1S/C18H27ClO4S2/c1-3-5-11-24(21)14-17(25(22)12-6-4-2)13-23-18(20)15-7-9-16(19)10-8-15/h7-10,17H,3-6,11-14H2,1-2H3. The lowest BCUT2D eigenvalue weighted by molar-refractivity contribution is 0.0510. The molecule has 0 saturated heterocycles. The van der Waals surface area contributed by atoms with Crippen molar-refractivity contribution < 1.29 is 17.9 Å². The lowest BCUT2D eigenvalue weighted by Gasteiger charge is -2.16. The molecule has 0 N–H and O–H groups in total. The number of unbranched alkanes of at least 4 members (excludes halogenated alkanes) is 2. The average molecular weight is 407 g/mol. The molecule has 3 atom stereocenters. The van der Waals surface area contributed by atoms with Crippen LogP contribution in [0.15, 0.2) is 24.3 Å². The summed E-state index contributed by atoms with van der Waals surface area (Å²) < 4.78 is 30.0.